The monoisotopic (exact) mass is 208 g/mol. The van der Waals surface area contributed by atoms with Crippen molar-refractivity contribution < 1.29 is 9.53 Å². The Morgan fingerprint density at radius 2 is 2.33 bits per heavy atom. The van der Waals surface area contributed by atoms with Gasteiger partial charge in [0.05, 0.1) is 6.61 Å². The molecule has 3 N–H and O–H groups in total. The highest BCUT2D eigenvalue weighted by Crippen LogP contribution is 2.17. The maximum atomic E-state index is 11.2. The Bertz CT molecular complexity index is 326. The number of carbonyl (C=O) groups excluding carboxylic acids is 1. The van der Waals surface area contributed by atoms with Crippen molar-refractivity contribution in [2.45, 2.75) is 13.3 Å². The number of benzene rings is 1. The number of nitrogens with two attached hydrogens (primary N) is 1. The second kappa shape index (κ2) is 6.03. The molecule has 15 heavy (non-hydrogen) atoms. The molecule has 0 aliphatic heterocycles. The van der Waals surface area contributed by atoms with E-state index in [-0.39, 0.29) is 5.91 Å². The number of rotatable bonds is 5. The third-order valence-corrected chi connectivity index (χ3v) is 1.80. The van der Waals surface area contributed by atoms with Crippen molar-refractivity contribution in [2.75, 3.05) is 18.5 Å². The largest absolute Gasteiger partial charge is 0.494 e. The van der Waals surface area contributed by atoms with E-state index >= 15 is 0 Å². The summed E-state index contributed by atoms with van der Waals surface area (Å²) < 4.78 is 5.31. The number of hydrogen-bond donors (Lipinski definition) is 2. The standard InChI is InChI=1S/C11H16N2O2/c1-2-15-10-5-3-4-9(8-10)13-11(14)6-7-12/h3-5,8H,2,6-7,12H2,1H3,(H,13,14). The van der Waals surface area contributed by atoms with E-state index in [0.29, 0.717) is 19.6 Å². The fraction of sp³-hybridized carbons (Fsp3) is 0.364. The first-order valence-electron chi connectivity index (χ1n) is 4.99. The molecule has 0 aromatic heterocycles. The minimum absolute atomic E-state index is 0.0776. The van der Waals surface area contributed by atoms with Gasteiger partial charge in [-0.15, -0.1) is 0 Å². The van der Waals surface area contributed by atoms with Crippen LogP contribution in [0.5, 0.6) is 5.75 Å². The number of nitrogens with one attached hydrogen (secondary N) is 1. The molecule has 0 atom stereocenters. The van der Waals surface area contributed by atoms with Crippen molar-refractivity contribution in [1.82, 2.24) is 0 Å². The summed E-state index contributed by atoms with van der Waals surface area (Å²) in [5.41, 5.74) is 6.01. The summed E-state index contributed by atoms with van der Waals surface area (Å²) in [5, 5.41) is 2.74. The van der Waals surface area contributed by atoms with E-state index in [4.69, 9.17) is 10.5 Å². The first-order valence-corrected chi connectivity index (χ1v) is 4.99. The molecule has 0 unspecified atom stereocenters. The van der Waals surface area contributed by atoms with Gasteiger partial charge in [0.1, 0.15) is 5.75 Å². The molecule has 0 fully saturated rings. The molecule has 0 aliphatic carbocycles. The molecule has 82 valence electrons. The number of hydrogen-bond acceptors (Lipinski definition) is 3. The fourth-order valence-electron chi connectivity index (χ4n) is 1.18. The predicted octanol–water partition coefficient (Wildman–Crippen LogP) is 1.37. The molecule has 0 radical (unpaired) electrons. The Morgan fingerprint density at radius 1 is 1.53 bits per heavy atom. The lowest BCUT2D eigenvalue weighted by atomic mass is 10.3. The van der Waals surface area contributed by atoms with Gasteiger partial charge in [0, 0.05) is 24.7 Å². The highest BCUT2D eigenvalue weighted by molar-refractivity contribution is 5.90. The molecule has 0 saturated heterocycles. The summed E-state index contributed by atoms with van der Waals surface area (Å²) in [6.07, 6.45) is 0.332. The zero-order valence-electron chi connectivity index (χ0n) is 8.82. The summed E-state index contributed by atoms with van der Waals surface area (Å²) in [6.45, 7) is 2.89. The lowest BCUT2D eigenvalue weighted by molar-refractivity contribution is -0.116. The molecule has 4 heteroatoms. The van der Waals surface area contributed by atoms with Crippen LogP contribution in [0.15, 0.2) is 24.3 Å². The van der Waals surface area contributed by atoms with E-state index in [0.717, 1.165) is 11.4 Å². The maximum Gasteiger partial charge on any atom is 0.225 e. The zero-order chi connectivity index (χ0) is 11.1. The van der Waals surface area contributed by atoms with Crippen molar-refractivity contribution in [2.24, 2.45) is 5.73 Å². The molecule has 1 amide bonds. The highest BCUT2D eigenvalue weighted by Gasteiger charge is 2.01. The zero-order valence-corrected chi connectivity index (χ0v) is 8.82. The van der Waals surface area contributed by atoms with E-state index in [1.165, 1.54) is 0 Å². The first kappa shape index (κ1) is 11.5. The topological polar surface area (TPSA) is 64.3 Å². The molecule has 0 heterocycles. The smallest absolute Gasteiger partial charge is 0.225 e. The van der Waals surface area contributed by atoms with Crippen molar-refractivity contribution >= 4 is 11.6 Å². The Hall–Kier alpha value is -1.55. The quantitative estimate of drug-likeness (QED) is 0.768. The molecular formula is C11H16N2O2. The van der Waals surface area contributed by atoms with Crippen LogP contribution in [-0.4, -0.2) is 19.1 Å². The molecule has 0 bridgehead atoms. The third-order valence-electron chi connectivity index (χ3n) is 1.80. The normalized spacial score (nSPS) is 9.73. The molecule has 0 aliphatic rings. The van der Waals surface area contributed by atoms with Crippen LogP contribution >= 0.6 is 0 Å². The molecule has 4 nitrogen and oxygen atoms in total. The molecule has 1 aromatic carbocycles. The summed E-state index contributed by atoms with van der Waals surface area (Å²) in [6, 6.07) is 7.29. The van der Waals surface area contributed by atoms with Gasteiger partial charge in [-0.3, -0.25) is 4.79 Å². The predicted molar refractivity (Wildman–Crippen MR) is 59.9 cm³/mol. The van der Waals surface area contributed by atoms with Gasteiger partial charge in [-0.2, -0.15) is 0 Å². The molecule has 1 aromatic rings. The Kier molecular flexibility index (Phi) is 4.63. The Labute approximate surface area is 89.4 Å². The van der Waals surface area contributed by atoms with Crippen molar-refractivity contribution in [3.8, 4) is 5.75 Å². The average molecular weight is 208 g/mol. The van der Waals surface area contributed by atoms with Crippen LogP contribution in [0.4, 0.5) is 5.69 Å². The van der Waals surface area contributed by atoms with Crippen molar-refractivity contribution in [1.29, 1.82) is 0 Å². The summed E-state index contributed by atoms with van der Waals surface area (Å²) in [4.78, 5) is 11.2. The van der Waals surface area contributed by atoms with Crippen molar-refractivity contribution in [3.63, 3.8) is 0 Å². The van der Waals surface area contributed by atoms with Crippen LogP contribution in [0.2, 0.25) is 0 Å². The van der Waals surface area contributed by atoms with Crippen LogP contribution in [-0.2, 0) is 4.79 Å². The van der Waals surface area contributed by atoms with Gasteiger partial charge in [-0.25, -0.2) is 0 Å². The van der Waals surface area contributed by atoms with Gasteiger partial charge in [0.25, 0.3) is 0 Å². The van der Waals surface area contributed by atoms with Crippen LogP contribution in [0.25, 0.3) is 0 Å². The highest BCUT2D eigenvalue weighted by atomic mass is 16.5. The van der Waals surface area contributed by atoms with Gasteiger partial charge in [0.2, 0.25) is 5.91 Å². The van der Waals surface area contributed by atoms with Gasteiger partial charge in [0.15, 0.2) is 0 Å². The van der Waals surface area contributed by atoms with Gasteiger partial charge >= 0.3 is 0 Å². The van der Waals surface area contributed by atoms with Crippen molar-refractivity contribution in [3.05, 3.63) is 24.3 Å². The van der Waals surface area contributed by atoms with Crippen LogP contribution < -0.4 is 15.8 Å². The molecule has 0 spiro atoms. The third kappa shape index (κ3) is 3.99. The SMILES string of the molecule is CCOc1cccc(NC(=O)CCN)c1. The lowest BCUT2D eigenvalue weighted by Crippen LogP contribution is -2.16. The Balaban J connectivity index is 2.60. The van der Waals surface area contributed by atoms with E-state index < -0.39 is 0 Å². The van der Waals surface area contributed by atoms with E-state index in [2.05, 4.69) is 5.32 Å². The summed E-state index contributed by atoms with van der Waals surface area (Å²) >= 11 is 0. The van der Waals surface area contributed by atoms with Gasteiger partial charge in [-0.1, -0.05) is 6.07 Å². The van der Waals surface area contributed by atoms with Crippen LogP contribution in [0.1, 0.15) is 13.3 Å². The minimum atomic E-state index is -0.0776. The van der Waals surface area contributed by atoms with E-state index in [1.807, 2.05) is 25.1 Å². The number of carbonyl (C=O) groups is 1. The number of anilines is 1. The minimum Gasteiger partial charge on any atom is -0.494 e. The summed E-state index contributed by atoms with van der Waals surface area (Å²) in [7, 11) is 0. The Morgan fingerprint density at radius 3 is 3.00 bits per heavy atom. The second-order valence-electron chi connectivity index (χ2n) is 3.05. The van der Waals surface area contributed by atoms with E-state index in [1.54, 1.807) is 6.07 Å². The maximum absolute atomic E-state index is 11.2. The van der Waals surface area contributed by atoms with Crippen LogP contribution in [0, 0.1) is 0 Å². The molecular weight excluding hydrogens is 192 g/mol. The fourth-order valence-corrected chi connectivity index (χ4v) is 1.18. The van der Waals surface area contributed by atoms with E-state index in [9.17, 15) is 4.79 Å². The lowest BCUT2D eigenvalue weighted by Gasteiger charge is -2.07. The number of ether oxygens (including phenoxy) is 1. The van der Waals surface area contributed by atoms with Gasteiger partial charge < -0.3 is 15.8 Å². The number of amides is 1. The van der Waals surface area contributed by atoms with Crippen LogP contribution in [0.3, 0.4) is 0 Å². The second-order valence-corrected chi connectivity index (χ2v) is 3.05. The molecule has 0 saturated carbocycles. The van der Waals surface area contributed by atoms with Gasteiger partial charge in [-0.05, 0) is 19.1 Å². The molecule has 1 rings (SSSR count). The summed E-state index contributed by atoms with van der Waals surface area (Å²) in [5.74, 6) is 0.675. The first-order chi connectivity index (χ1) is 7.26. The average Bonchev–Trinajstić information content (AvgIpc) is 2.19.